The molecule has 2 heteroatoms. The van der Waals surface area contributed by atoms with Crippen molar-refractivity contribution in [2.45, 2.75) is 25.0 Å². The van der Waals surface area contributed by atoms with Crippen LogP contribution < -0.4 is 0 Å². The smallest absolute Gasteiger partial charge is 0.0620 e. The summed E-state index contributed by atoms with van der Waals surface area (Å²) in [7, 11) is 3.49. The third kappa shape index (κ3) is 1.01. The molecule has 0 aromatic heterocycles. The molecule has 8 heavy (non-hydrogen) atoms. The average Bonchev–Trinajstić information content (AvgIpc) is 1.65. The van der Waals surface area contributed by atoms with E-state index in [0.717, 1.165) is 12.8 Å². The van der Waals surface area contributed by atoms with Crippen LogP contribution in [0.5, 0.6) is 0 Å². The summed E-state index contributed by atoms with van der Waals surface area (Å²) in [5.41, 5.74) is 0. The van der Waals surface area contributed by atoms with Crippen LogP contribution in [-0.4, -0.2) is 26.4 Å². The van der Waals surface area contributed by atoms with Crippen LogP contribution in [0.25, 0.3) is 0 Å². The van der Waals surface area contributed by atoms with Crippen LogP contribution in [0.15, 0.2) is 0 Å². The van der Waals surface area contributed by atoms with Crippen LogP contribution in [0.3, 0.4) is 0 Å². The second kappa shape index (κ2) is 2.46. The molecule has 1 aliphatic carbocycles. The van der Waals surface area contributed by atoms with Crippen molar-refractivity contribution in [1.29, 1.82) is 0 Å². The van der Waals surface area contributed by atoms with Crippen molar-refractivity contribution in [2.24, 2.45) is 0 Å². The first-order valence-electron chi connectivity index (χ1n) is 2.92. The van der Waals surface area contributed by atoms with E-state index in [2.05, 4.69) is 0 Å². The summed E-state index contributed by atoms with van der Waals surface area (Å²) in [6, 6.07) is 0. The van der Waals surface area contributed by atoms with Crippen molar-refractivity contribution in [3.8, 4) is 0 Å². The zero-order valence-electron chi connectivity index (χ0n) is 5.39. The number of hydrogen-bond acceptors (Lipinski definition) is 2. The minimum Gasteiger partial charge on any atom is -0.381 e. The molecule has 0 N–H and O–H groups in total. The molecule has 1 saturated carbocycles. The average molecular weight is 116 g/mol. The second-order valence-corrected chi connectivity index (χ2v) is 2.19. The summed E-state index contributed by atoms with van der Waals surface area (Å²) in [6.07, 6.45) is 3.10. The Morgan fingerprint density at radius 2 is 1.38 bits per heavy atom. The zero-order valence-corrected chi connectivity index (χ0v) is 5.39. The van der Waals surface area contributed by atoms with Gasteiger partial charge in [-0.05, 0) is 12.8 Å². The molecule has 0 amide bonds. The molecule has 0 radical (unpaired) electrons. The molecule has 0 saturated heterocycles. The lowest BCUT2D eigenvalue weighted by Crippen LogP contribution is -2.35. The predicted octanol–water partition coefficient (Wildman–Crippen LogP) is 0.810. The maximum atomic E-state index is 5.04. The van der Waals surface area contributed by atoms with E-state index in [1.807, 2.05) is 0 Å². The number of hydrogen-bond donors (Lipinski definition) is 0. The van der Waals surface area contributed by atoms with E-state index in [0.29, 0.717) is 12.2 Å². The summed E-state index contributed by atoms with van der Waals surface area (Å²) in [5, 5.41) is 0. The van der Waals surface area contributed by atoms with Crippen LogP contribution >= 0.6 is 0 Å². The Kier molecular flexibility index (Phi) is 1.86. The SMILES string of the molecule is COC1CC(OC)C1. The molecule has 1 rings (SSSR count). The summed E-state index contributed by atoms with van der Waals surface area (Å²) in [5.74, 6) is 0. The second-order valence-electron chi connectivity index (χ2n) is 2.19. The molecule has 48 valence electrons. The molecule has 0 aromatic carbocycles. The van der Waals surface area contributed by atoms with Gasteiger partial charge in [0.1, 0.15) is 0 Å². The van der Waals surface area contributed by atoms with Gasteiger partial charge in [-0.1, -0.05) is 0 Å². The minimum atomic E-state index is 0.472. The Hall–Kier alpha value is -0.0800. The van der Waals surface area contributed by atoms with Crippen molar-refractivity contribution in [1.82, 2.24) is 0 Å². The number of ether oxygens (including phenoxy) is 2. The van der Waals surface area contributed by atoms with Gasteiger partial charge in [-0.2, -0.15) is 0 Å². The Bertz CT molecular complexity index is 58.9. The van der Waals surface area contributed by atoms with Gasteiger partial charge in [0.15, 0.2) is 0 Å². The van der Waals surface area contributed by atoms with E-state index >= 15 is 0 Å². The summed E-state index contributed by atoms with van der Waals surface area (Å²) < 4.78 is 10.1. The highest BCUT2D eigenvalue weighted by Crippen LogP contribution is 2.24. The van der Waals surface area contributed by atoms with Gasteiger partial charge in [0.05, 0.1) is 12.2 Å². The standard InChI is InChI=1S/C6H12O2/c1-7-5-3-6(4-5)8-2/h5-6H,3-4H2,1-2H3. The van der Waals surface area contributed by atoms with E-state index in [1.165, 1.54) is 0 Å². The highest BCUT2D eigenvalue weighted by molar-refractivity contribution is 4.79. The Morgan fingerprint density at radius 3 is 1.62 bits per heavy atom. The predicted molar refractivity (Wildman–Crippen MR) is 30.8 cm³/mol. The van der Waals surface area contributed by atoms with Gasteiger partial charge >= 0.3 is 0 Å². The first-order valence-corrected chi connectivity index (χ1v) is 2.92. The molecule has 0 atom stereocenters. The molecule has 1 fully saturated rings. The highest BCUT2D eigenvalue weighted by atomic mass is 16.5. The van der Waals surface area contributed by atoms with Gasteiger partial charge in [0.2, 0.25) is 0 Å². The van der Waals surface area contributed by atoms with E-state index in [-0.39, 0.29) is 0 Å². The van der Waals surface area contributed by atoms with Gasteiger partial charge in [0.25, 0.3) is 0 Å². The lowest BCUT2D eigenvalue weighted by molar-refractivity contribution is -0.0695. The Labute approximate surface area is 49.8 Å². The molecule has 0 unspecified atom stereocenters. The van der Waals surface area contributed by atoms with Crippen LogP contribution in [0.1, 0.15) is 12.8 Å². The largest absolute Gasteiger partial charge is 0.381 e. The molecule has 0 aromatic rings. The lowest BCUT2D eigenvalue weighted by atomic mass is 9.92. The summed E-state index contributed by atoms with van der Waals surface area (Å²) in [4.78, 5) is 0. The van der Waals surface area contributed by atoms with Gasteiger partial charge in [-0.3, -0.25) is 0 Å². The normalized spacial score (nSPS) is 36.8. The molecule has 0 bridgehead atoms. The van der Waals surface area contributed by atoms with Crippen LogP contribution in [0.4, 0.5) is 0 Å². The third-order valence-corrected chi connectivity index (χ3v) is 1.72. The molecule has 0 spiro atoms. The molecule has 1 aliphatic rings. The van der Waals surface area contributed by atoms with Crippen LogP contribution in [0.2, 0.25) is 0 Å². The van der Waals surface area contributed by atoms with E-state index in [9.17, 15) is 0 Å². The van der Waals surface area contributed by atoms with Gasteiger partial charge in [-0.25, -0.2) is 0 Å². The van der Waals surface area contributed by atoms with E-state index in [1.54, 1.807) is 14.2 Å². The van der Waals surface area contributed by atoms with E-state index < -0.39 is 0 Å². The molecular formula is C6H12O2. The quantitative estimate of drug-likeness (QED) is 0.531. The van der Waals surface area contributed by atoms with Gasteiger partial charge in [-0.15, -0.1) is 0 Å². The highest BCUT2D eigenvalue weighted by Gasteiger charge is 2.28. The zero-order chi connectivity index (χ0) is 5.98. The molecular weight excluding hydrogens is 104 g/mol. The fraction of sp³-hybridized carbons (Fsp3) is 1.00. The van der Waals surface area contributed by atoms with Crippen molar-refractivity contribution in [3.63, 3.8) is 0 Å². The van der Waals surface area contributed by atoms with Gasteiger partial charge < -0.3 is 9.47 Å². The van der Waals surface area contributed by atoms with Crippen molar-refractivity contribution in [2.75, 3.05) is 14.2 Å². The molecule has 2 nitrogen and oxygen atoms in total. The lowest BCUT2D eigenvalue weighted by Gasteiger charge is -2.32. The van der Waals surface area contributed by atoms with Crippen molar-refractivity contribution < 1.29 is 9.47 Å². The minimum absolute atomic E-state index is 0.472. The van der Waals surface area contributed by atoms with Crippen LogP contribution in [0, 0.1) is 0 Å². The fourth-order valence-electron chi connectivity index (χ4n) is 0.902. The summed E-state index contributed by atoms with van der Waals surface area (Å²) in [6.45, 7) is 0. The number of rotatable bonds is 2. The monoisotopic (exact) mass is 116 g/mol. The van der Waals surface area contributed by atoms with Gasteiger partial charge in [0, 0.05) is 14.2 Å². The first-order chi connectivity index (χ1) is 3.86. The molecule has 0 heterocycles. The Balaban J connectivity index is 2.03. The van der Waals surface area contributed by atoms with Crippen molar-refractivity contribution in [3.05, 3.63) is 0 Å². The Morgan fingerprint density at radius 1 is 1.00 bits per heavy atom. The first kappa shape index (κ1) is 6.05. The summed E-state index contributed by atoms with van der Waals surface area (Å²) >= 11 is 0. The van der Waals surface area contributed by atoms with Crippen molar-refractivity contribution >= 4 is 0 Å². The van der Waals surface area contributed by atoms with E-state index in [4.69, 9.17) is 9.47 Å². The number of methoxy groups -OCH3 is 2. The fourth-order valence-corrected chi connectivity index (χ4v) is 0.902. The van der Waals surface area contributed by atoms with Crippen LogP contribution in [-0.2, 0) is 9.47 Å². The molecule has 0 aliphatic heterocycles. The maximum absolute atomic E-state index is 5.04. The third-order valence-electron chi connectivity index (χ3n) is 1.72. The topological polar surface area (TPSA) is 18.5 Å². The maximum Gasteiger partial charge on any atom is 0.0620 e.